The summed E-state index contributed by atoms with van der Waals surface area (Å²) in [6.45, 7) is 2.50. The van der Waals surface area contributed by atoms with Crippen LogP contribution in [-0.4, -0.2) is 117 Å². The van der Waals surface area contributed by atoms with Gasteiger partial charge in [-0.1, -0.05) is 45.2 Å². The normalized spacial score (nSPS) is 13.5. The highest BCUT2D eigenvalue weighted by molar-refractivity contribution is 8.03. The Labute approximate surface area is 255 Å². The molecule has 2 rings (SSSR count). The minimum absolute atomic E-state index is 0.113. The van der Waals surface area contributed by atoms with Gasteiger partial charge in [0.2, 0.25) is 0 Å². The van der Waals surface area contributed by atoms with Crippen LogP contribution >= 0.6 is 11.8 Å². The van der Waals surface area contributed by atoms with Crippen LogP contribution in [0.3, 0.4) is 0 Å². The highest BCUT2D eigenvalue weighted by Crippen LogP contribution is 2.22. The first kappa shape index (κ1) is 39.3. The summed E-state index contributed by atoms with van der Waals surface area (Å²) in [7, 11) is 0. The van der Waals surface area contributed by atoms with Crippen LogP contribution in [-0.2, 0) is 30.4 Å². The molecule has 0 spiro atoms. The van der Waals surface area contributed by atoms with Gasteiger partial charge in [0.25, 0.3) is 0 Å². The fourth-order valence-electron chi connectivity index (χ4n) is 4.46. The van der Waals surface area contributed by atoms with Gasteiger partial charge in [-0.25, -0.2) is 0 Å². The summed E-state index contributed by atoms with van der Waals surface area (Å²) in [6.07, 6.45) is 5.47. The van der Waals surface area contributed by atoms with Crippen LogP contribution in [0.4, 0.5) is 0 Å². The number of carboxylic acids is 5. The molecule has 0 radical (unpaired) electrons. The summed E-state index contributed by atoms with van der Waals surface area (Å²) in [5, 5.41) is 57.5. The van der Waals surface area contributed by atoms with E-state index in [-0.39, 0.29) is 32.2 Å². The lowest BCUT2D eigenvalue weighted by Gasteiger charge is -2.31. The number of rotatable bonds is 17. The number of hydrogen-bond acceptors (Lipinski definition) is 10. The molecule has 1 saturated carbocycles. The van der Waals surface area contributed by atoms with Crippen molar-refractivity contribution in [1.29, 1.82) is 5.26 Å². The molecule has 15 heteroatoms. The molecule has 0 aromatic heterocycles. The van der Waals surface area contributed by atoms with E-state index in [1.54, 1.807) is 29.2 Å². The Balaban J connectivity index is 0.000000878. The van der Waals surface area contributed by atoms with E-state index in [9.17, 15) is 24.0 Å². The van der Waals surface area contributed by atoms with E-state index in [1.807, 2.05) is 19.2 Å². The first-order valence-electron chi connectivity index (χ1n) is 13.8. The van der Waals surface area contributed by atoms with Crippen molar-refractivity contribution in [3.8, 4) is 5.40 Å². The zero-order valence-electron chi connectivity index (χ0n) is 24.5. The van der Waals surface area contributed by atoms with Crippen molar-refractivity contribution in [1.82, 2.24) is 15.1 Å². The third-order valence-electron chi connectivity index (χ3n) is 6.18. The Bertz CT molecular complexity index is 1030. The molecule has 0 heterocycles. The molecule has 1 atom stereocenters. The highest BCUT2D eigenvalue weighted by Gasteiger charge is 2.25. The summed E-state index contributed by atoms with van der Waals surface area (Å²) in [6, 6.07) is 6.61. The summed E-state index contributed by atoms with van der Waals surface area (Å²) in [5.41, 5.74) is 0.815. The molecule has 1 fully saturated rings. The lowest BCUT2D eigenvalue weighted by atomic mass is 9.94. The van der Waals surface area contributed by atoms with Crippen molar-refractivity contribution in [2.75, 3.05) is 39.3 Å². The van der Waals surface area contributed by atoms with Crippen LogP contribution < -0.4 is 5.32 Å². The molecule has 240 valence electrons. The number of nitriles is 1. The molecule has 1 aromatic carbocycles. The molecule has 0 amide bonds. The number of nitrogens with one attached hydrogen (secondary N) is 1. The van der Waals surface area contributed by atoms with E-state index in [0.29, 0.717) is 6.42 Å². The van der Waals surface area contributed by atoms with Crippen molar-refractivity contribution >= 4 is 41.6 Å². The molecular formula is C28H42N4O10S. The minimum Gasteiger partial charge on any atom is -0.480 e. The number of nitrogens with zero attached hydrogens (tertiary/aromatic N) is 3. The average molecular weight is 627 g/mol. The fraction of sp³-hybridized carbons (Fsp3) is 0.571. The molecular weight excluding hydrogens is 584 g/mol. The smallest absolute Gasteiger partial charge is 0.317 e. The lowest BCUT2D eigenvalue weighted by Crippen LogP contribution is -2.48. The Hall–Kier alpha value is -3.71. The van der Waals surface area contributed by atoms with E-state index in [4.69, 9.17) is 30.8 Å². The Kier molecular flexibility index (Phi) is 20.9. The second kappa shape index (κ2) is 22.8. The van der Waals surface area contributed by atoms with Crippen LogP contribution in [0.1, 0.15) is 51.5 Å². The predicted molar refractivity (Wildman–Crippen MR) is 158 cm³/mol. The van der Waals surface area contributed by atoms with Gasteiger partial charge in [-0.2, -0.15) is 5.26 Å². The molecule has 1 aliphatic rings. The molecule has 0 unspecified atom stereocenters. The van der Waals surface area contributed by atoms with Crippen molar-refractivity contribution in [3.63, 3.8) is 0 Å². The number of carboxylic acid groups (broad SMARTS) is 5. The molecule has 43 heavy (non-hydrogen) atoms. The first-order valence-corrected chi connectivity index (χ1v) is 14.7. The van der Waals surface area contributed by atoms with Crippen molar-refractivity contribution in [3.05, 3.63) is 29.8 Å². The second-order valence-electron chi connectivity index (χ2n) is 9.40. The van der Waals surface area contributed by atoms with Gasteiger partial charge in [0.15, 0.2) is 0 Å². The van der Waals surface area contributed by atoms with Gasteiger partial charge in [-0.15, -0.1) is 0 Å². The van der Waals surface area contributed by atoms with Crippen LogP contribution in [0.5, 0.6) is 0 Å². The molecule has 0 aliphatic heterocycles. The summed E-state index contributed by atoms with van der Waals surface area (Å²) in [5.74, 6) is -5.32. The molecule has 1 aliphatic carbocycles. The second-order valence-corrected chi connectivity index (χ2v) is 10.3. The van der Waals surface area contributed by atoms with Gasteiger partial charge in [-0.05, 0) is 48.7 Å². The summed E-state index contributed by atoms with van der Waals surface area (Å²) >= 11 is 1.01. The average Bonchev–Trinajstić information content (AvgIpc) is 2.94. The highest BCUT2D eigenvalue weighted by atomic mass is 32.2. The van der Waals surface area contributed by atoms with Crippen molar-refractivity contribution < 1.29 is 49.5 Å². The number of aliphatic carboxylic acids is 5. The van der Waals surface area contributed by atoms with Gasteiger partial charge in [0.05, 0.1) is 32.7 Å². The first-order chi connectivity index (χ1) is 20.4. The largest absolute Gasteiger partial charge is 0.480 e. The number of thioether (sulfide) groups is 1. The maximum Gasteiger partial charge on any atom is 0.317 e. The van der Waals surface area contributed by atoms with Crippen LogP contribution in [0, 0.1) is 10.7 Å². The minimum atomic E-state index is -1.17. The van der Waals surface area contributed by atoms with Gasteiger partial charge in [-0.3, -0.25) is 33.8 Å². The zero-order valence-corrected chi connectivity index (χ0v) is 25.3. The molecule has 1 aromatic rings. The predicted octanol–water partition coefficient (Wildman–Crippen LogP) is 2.13. The Morgan fingerprint density at radius 1 is 0.837 bits per heavy atom. The maximum absolute atomic E-state index is 11.1. The summed E-state index contributed by atoms with van der Waals surface area (Å²) < 4.78 is 0. The van der Waals surface area contributed by atoms with Gasteiger partial charge in [0, 0.05) is 23.5 Å². The monoisotopic (exact) mass is 626 g/mol. The van der Waals surface area contributed by atoms with E-state index in [1.165, 1.54) is 11.3 Å². The van der Waals surface area contributed by atoms with Gasteiger partial charge < -0.3 is 30.8 Å². The van der Waals surface area contributed by atoms with Gasteiger partial charge >= 0.3 is 29.8 Å². The quantitative estimate of drug-likeness (QED) is 0.107. The number of thiocyanates is 1. The lowest BCUT2D eigenvalue weighted by molar-refractivity contribution is -0.145. The summed E-state index contributed by atoms with van der Waals surface area (Å²) in [4.78, 5) is 57.6. The number of hydrogen-bond donors (Lipinski definition) is 6. The van der Waals surface area contributed by atoms with E-state index in [0.717, 1.165) is 47.9 Å². The number of benzene rings is 1. The maximum atomic E-state index is 11.1. The Morgan fingerprint density at radius 3 is 1.74 bits per heavy atom. The van der Waals surface area contributed by atoms with E-state index in [2.05, 4.69) is 5.32 Å². The van der Waals surface area contributed by atoms with Gasteiger partial charge in [0.1, 0.15) is 5.40 Å². The molecule has 14 nitrogen and oxygen atoms in total. The zero-order chi connectivity index (χ0) is 32.8. The molecule has 0 saturated heterocycles. The van der Waals surface area contributed by atoms with Crippen LogP contribution in [0.15, 0.2) is 29.2 Å². The number of carbonyl (C=O) groups is 5. The van der Waals surface area contributed by atoms with Crippen molar-refractivity contribution in [2.24, 2.45) is 0 Å². The standard InChI is InChI=1S/C16H19N3O6S.C10H17NO4.C2H6/c17-10-26-13-3-1-11(2-4-13)5-12(6-18-7-14(20)21)19(8-15(22)23)9-16(24)25;12-9(13)6-11(7-10(14)15)8-4-2-1-3-5-8;1-2/h1-4,12,18H,5-9H2,(H,20,21)(H,22,23)(H,24,25);8H,1-7H2,(H,12,13)(H,14,15);1-2H3/t12-;;/m1../s1. The third kappa shape index (κ3) is 19.2. The topological polar surface area (TPSA) is 229 Å². The molecule has 6 N–H and O–H groups in total. The van der Waals surface area contributed by atoms with E-state index >= 15 is 0 Å². The van der Waals surface area contributed by atoms with E-state index < -0.39 is 49.0 Å². The van der Waals surface area contributed by atoms with Crippen molar-refractivity contribution in [2.45, 2.75) is 69.4 Å². The Morgan fingerprint density at radius 2 is 1.33 bits per heavy atom. The van der Waals surface area contributed by atoms with Crippen LogP contribution in [0.25, 0.3) is 0 Å². The third-order valence-corrected chi connectivity index (χ3v) is 6.77. The SMILES string of the molecule is CC.N#CSc1ccc(C[C@H](CNCC(=O)O)N(CC(=O)O)CC(=O)O)cc1.O=C(O)CN(CC(=O)O)C1CCCCC1. The fourth-order valence-corrected chi connectivity index (χ4v) is 4.84. The molecule has 0 bridgehead atoms. The van der Waals surface area contributed by atoms with Crippen LogP contribution in [0.2, 0.25) is 0 Å².